The fourth-order valence-electron chi connectivity index (χ4n) is 1.15. The summed E-state index contributed by atoms with van der Waals surface area (Å²) < 4.78 is 5.97. The second-order valence-corrected chi connectivity index (χ2v) is 4.25. The molecular formula is C12H7BrClO2. The van der Waals surface area contributed by atoms with Gasteiger partial charge in [-0.05, 0) is 40.2 Å². The van der Waals surface area contributed by atoms with Gasteiger partial charge in [0.05, 0.1) is 9.50 Å². The second-order valence-electron chi connectivity index (χ2n) is 3.05. The molecule has 1 radical (unpaired) electrons. The molecule has 0 fully saturated rings. The minimum atomic E-state index is 0.117. The maximum absolute atomic E-state index is 9.30. The summed E-state index contributed by atoms with van der Waals surface area (Å²) in [7, 11) is 0. The molecule has 2 aromatic rings. The van der Waals surface area contributed by atoms with Gasteiger partial charge in [0.2, 0.25) is 0 Å². The molecule has 0 aliphatic carbocycles. The van der Waals surface area contributed by atoms with Crippen molar-refractivity contribution in [3.05, 3.63) is 52.0 Å². The Kier molecular flexibility index (Phi) is 3.36. The Morgan fingerprint density at radius 1 is 1.19 bits per heavy atom. The molecule has 2 rings (SSSR count). The molecule has 81 valence electrons. The topological polar surface area (TPSA) is 29.5 Å². The molecule has 0 spiro atoms. The van der Waals surface area contributed by atoms with E-state index in [0.29, 0.717) is 21.0 Å². The van der Waals surface area contributed by atoms with E-state index in [9.17, 15) is 5.11 Å². The van der Waals surface area contributed by atoms with Crippen LogP contribution in [-0.2, 0) is 0 Å². The summed E-state index contributed by atoms with van der Waals surface area (Å²) in [6.45, 7) is 0. The van der Waals surface area contributed by atoms with Gasteiger partial charge in [-0.25, -0.2) is 0 Å². The lowest BCUT2D eigenvalue weighted by Crippen LogP contribution is -1.85. The average Bonchev–Trinajstić information content (AvgIpc) is 2.27. The molecule has 1 N–H and O–H groups in total. The number of ether oxygens (including phenoxy) is 1. The number of halogens is 2. The van der Waals surface area contributed by atoms with Gasteiger partial charge < -0.3 is 9.84 Å². The lowest BCUT2D eigenvalue weighted by atomic mass is 10.3. The SMILES string of the molecule is Oc1ccc(Oc2ccccc2Cl)[c]c1Br. The third-order valence-electron chi connectivity index (χ3n) is 1.91. The Morgan fingerprint density at radius 3 is 2.62 bits per heavy atom. The number of para-hydroxylation sites is 1. The number of phenolic OH excluding ortho intramolecular Hbond substituents is 1. The molecule has 4 heteroatoms. The van der Waals surface area contributed by atoms with Gasteiger partial charge in [0.15, 0.2) is 0 Å². The fourth-order valence-corrected chi connectivity index (χ4v) is 1.65. The quantitative estimate of drug-likeness (QED) is 0.890. The normalized spacial score (nSPS) is 10.1. The minimum absolute atomic E-state index is 0.117. The molecule has 0 saturated carbocycles. The molecule has 0 aromatic heterocycles. The van der Waals surface area contributed by atoms with Crippen LogP contribution in [0.2, 0.25) is 5.02 Å². The van der Waals surface area contributed by atoms with Gasteiger partial charge in [-0.1, -0.05) is 23.7 Å². The first kappa shape index (κ1) is 11.3. The van der Waals surface area contributed by atoms with Crippen molar-refractivity contribution in [2.24, 2.45) is 0 Å². The third kappa shape index (κ3) is 2.49. The van der Waals surface area contributed by atoms with Crippen LogP contribution >= 0.6 is 27.5 Å². The van der Waals surface area contributed by atoms with Crippen LogP contribution < -0.4 is 4.74 Å². The summed E-state index contributed by atoms with van der Waals surface area (Å²) in [6, 6.07) is 13.1. The molecule has 0 saturated heterocycles. The third-order valence-corrected chi connectivity index (χ3v) is 2.82. The number of hydrogen-bond donors (Lipinski definition) is 1. The molecule has 2 aromatic carbocycles. The summed E-state index contributed by atoms with van der Waals surface area (Å²) in [5.74, 6) is 1.15. The van der Waals surface area contributed by atoms with Crippen LogP contribution in [0.5, 0.6) is 17.2 Å². The van der Waals surface area contributed by atoms with E-state index in [1.165, 1.54) is 6.07 Å². The van der Waals surface area contributed by atoms with Crippen LogP contribution in [0, 0.1) is 6.07 Å². The predicted molar refractivity (Wildman–Crippen MR) is 66.2 cm³/mol. The smallest absolute Gasteiger partial charge is 0.146 e. The lowest BCUT2D eigenvalue weighted by Gasteiger charge is -2.07. The zero-order chi connectivity index (χ0) is 11.5. The van der Waals surface area contributed by atoms with Crippen LogP contribution in [0.15, 0.2) is 40.9 Å². The first-order valence-electron chi connectivity index (χ1n) is 4.50. The van der Waals surface area contributed by atoms with Crippen LogP contribution in [0.4, 0.5) is 0 Å². The van der Waals surface area contributed by atoms with Crippen molar-refractivity contribution in [3.8, 4) is 17.2 Å². The van der Waals surface area contributed by atoms with Crippen LogP contribution in [-0.4, -0.2) is 5.11 Å². The summed E-state index contributed by atoms with van der Waals surface area (Å²) >= 11 is 9.10. The monoisotopic (exact) mass is 297 g/mol. The van der Waals surface area contributed by atoms with Crippen molar-refractivity contribution in [1.82, 2.24) is 0 Å². The standard InChI is InChI=1S/C12H7BrClO2/c13-9-7-8(5-6-11(9)15)16-12-4-2-1-3-10(12)14/h1-6,15H. The van der Waals surface area contributed by atoms with E-state index in [2.05, 4.69) is 22.0 Å². The van der Waals surface area contributed by atoms with Crippen molar-refractivity contribution in [2.45, 2.75) is 0 Å². The number of benzene rings is 2. The predicted octanol–water partition coefficient (Wildman–Crippen LogP) is 4.40. The van der Waals surface area contributed by atoms with Gasteiger partial charge in [0.1, 0.15) is 17.2 Å². The van der Waals surface area contributed by atoms with Crippen molar-refractivity contribution < 1.29 is 9.84 Å². The van der Waals surface area contributed by atoms with Crippen molar-refractivity contribution in [1.29, 1.82) is 0 Å². The fraction of sp³-hybridized carbons (Fsp3) is 0. The highest BCUT2D eigenvalue weighted by molar-refractivity contribution is 9.10. The van der Waals surface area contributed by atoms with E-state index in [4.69, 9.17) is 16.3 Å². The Labute approximate surface area is 107 Å². The second kappa shape index (κ2) is 4.76. The average molecular weight is 299 g/mol. The van der Waals surface area contributed by atoms with Gasteiger partial charge in [0.25, 0.3) is 0 Å². The molecule has 16 heavy (non-hydrogen) atoms. The summed E-state index contributed by atoms with van der Waals surface area (Å²) in [6.07, 6.45) is 0. The first-order valence-corrected chi connectivity index (χ1v) is 5.67. The number of phenols is 1. The zero-order valence-corrected chi connectivity index (χ0v) is 10.4. The molecular weight excluding hydrogens is 291 g/mol. The number of hydrogen-bond acceptors (Lipinski definition) is 2. The van der Waals surface area contributed by atoms with Crippen LogP contribution in [0.25, 0.3) is 0 Å². The molecule has 0 heterocycles. The summed E-state index contributed by atoms with van der Waals surface area (Å²) in [5.41, 5.74) is 0. The first-order chi connectivity index (χ1) is 7.66. The number of aromatic hydroxyl groups is 1. The van der Waals surface area contributed by atoms with Crippen molar-refractivity contribution >= 4 is 27.5 Å². The van der Waals surface area contributed by atoms with Gasteiger partial charge in [-0.15, -0.1) is 0 Å². The molecule has 0 atom stereocenters. The Bertz CT molecular complexity index is 514. The molecule has 0 aliphatic heterocycles. The minimum Gasteiger partial charge on any atom is -0.507 e. The summed E-state index contributed by atoms with van der Waals surface area (Å²) in [5, 5.41) is 9.83. The maximum atomic E-state index is 9.30. The Balaban J connectivity index is 2.28. The largest absolute Gasteiger partial charge is 0.507 e. The van der Waals surface area contributed by atoms with Crippen LogP contribution in [0.3, 0.4) is 0 Å². The number of rotatable bonds is 2. The van der Waals surface area contributed by atoms with E-state index in [0.717, 1.165) is 0 Å². The van der Waals surface area contributed by atoms with Gasteiger partial charge >= 0.3 is 0 Å². The zero-order valence-electron chi connectivity index (χ0n) is 8.08. The van der Waals surface area contributed by atoms with Gasteiger partial charge in [0, 0.05) is 6.07 Å². The highest BCUT2D eigenvalue weighted by Crippen LogP contribution is 2.32. The van der Waals surface area contributed by atoms with Gasteiger partial charge in [-0.2, -0.15) is 0 Å². The van der Waals surface area contributed by atoms with E-state index < -0.39 is 0 Å². The van der Waals surface area contributed by atoms with Crippen LogP contribution in [0.1, 0.15) is 0 Å². The van der Waals surface area contributed by atoms with E-state index in [1.807, 2.05) is 12.1 Å². The van der Waals surface area contributed by atoms with Gasteiger partial charge in [-0.3, -0.25) is 0 Å². The lowest BCUT2D eigenvalue weighted by molar-refractivity contribution is 0.460. The van der Waals surface area contributed by atoms with Crippen molar-refractivity contribution in [2.75, 3.05) is 0 Å². The summed E-state index contributed by atoms with van der Waals surface area (Å²) in [4.78, 5) is 0. The molecule has 0 aliphatic rings. The molecule has 0 unspecified atom stereocenters. The van der Waals surface area contributed by atoms with E-state index in [1.54, 1.807) is 18.2 Å². The maximum Gasteiger partial charge on any atom is 0.146 e. The highest BCUT2D eigenvalue weighted by atomic mass is 79.9. The van der Waals surface area contributed by atoms with Crippen molar-refractivity contribution in [3.63, 3.8) is 0 Å². The molecule has 0 amide bonds. The molecule has 0 bridgehead atoms. The van der Waals surface area contributed by atoms with E-state index >= 15 is 0 Å². The Hall–Kier alpha value is -1.19. The molecule has 2 nitrogen and oxygen atoms in total. The van der Waals surface area contributed by atoms with E-state index in [-0.39, 0.29) is 5.75 Å². The highest BCUT2D eigenvalue weighted by Gasteiger charge is 2.04. The Morgan fingerprint density at radius 2 is 1.94 bits per heavy atom.